The second-order valence-corrected chi connectivity index (χ2v) is 38.1. The number of rotatable bonds is 13. The Bertz CT molecular complexity index is 7870. The maximum Gasteiger partial charge on any atom is 0.252 e. The van der Waals surface area contributed by atoms with Crippen LogP contribution in [0.15, 0.2) is 370 Å². The van der Waals surface area contributed by atoms with Gasteiger partial charge in [-0.2, -0.15) is 0 Å². The Balaban J connectivity index is 0.988. The lowest BCUT2D eigenvalue weighted by Gasteiger charge is -2.46. The van der Waals surface area contributed by atoms with Crippen molar-refractivity contribution in [3.05, 3.63) is 392 Å². The second-order valence-electron chi connectivity index (χ2n) is 38.1. The lowest BCUT2D eigenvalue weighted by Crippen LogP contribution is -2.61. The Morgan fingerprint density at radius 1 is 0.240 bits per heavy atom. The van der Waals surface area contributed by atoms with Gasteiger partial charge >= 0.3 is 0 Å². The number of hydrogen-bond donors (Lipinski definition) is 0. The molecule has 0 saturated heterocycles. The molecular formula is C118H97BN10. The number of aromatic nitrogens is 8. The van der Waals surface area contributed by atoms with Crippen molar-refractivity contribution < 1.29 is 11.0 Å². The molecule has 16 aromatic carbocycles. The van der Waals surface area contributed by atoms with Crippen LogP contribution < -0.4 is 26.2 Å². The fourth-order valence-electron chi connectivity index (χ4n) is 19.0. The van der Waals surface area contributed by atoms with Crippen molar-refractivity contribution in [2.24, 2.45) is 0 Å². The first-order chi connectivity index (χ1) is 65.8. The van der Waals surface area contributed by atoms with Crippen molar-refractivity contribution in [2.75, 3.05) is 9.80 Å². The van der Waals surface area contributed by atoms with E-state index in [0.717, 1.165) is 116 Å². The summed E-state index contributed by atoms with van der Waals surface area (Å²) < 4.78 is 84.0. The number of para-hydroxylation sites is 3. The van der Waals surface area contributed by atoms with Gasteiger partial charge in [-0.3, -0.25) is 0 Å². The Morgan fingerprint density at radius 2 is 0.605 bits per heavy atom. The van der Waals surface area contributed by atoms with Crippen LogP contribution in [0.3, 0.4) is 0 Å². The fraction of sp³-hybridized carbons (Fsp3) is 0.136. The summed E-state index contributed by atoms with van der Waals surface area (Å²) in [4.78, 5) is 38.4. The molecule has 0 spiro atoms. The van der Waals surface area contributed by atoms with Crippen molar-refractivity contribution in [1.29, 1.82) is 0 Å². The number of fused-ring (bicyclic) bond motifs is 10. The monoisotopic (exact) mass is 1670 g/mol. The Morgan fingerprint density at radius 3 is 1.03 bits per heavy atom. The van der Waals surface area contributed by atoms with E-state index in [1.165, 1.54) is 16.7 Å². The molecule has 2 aliphatic heterocycles. The molecule has 22 rings (SSSR count). The van der Waals surface area contributed by atoms with Crippen molar-refractivity contribution in [3.8, 4) is 113 Å². The first kappa shape index (κ1) is 71.0. The highest BCUT2D eigenvalue weighted by Crippen LogP contribution is 2.56. The van der Waals surface area contributed by atoms with E-state index in [9.17, 15) is 11.0 Å². The molecule has 20 aromatic rings. The molecule has 2 aliphatic rings. The predicted molar refractivity (Wildman–Crippen MR) is 540 cm³/mol. The minimum atomic E-state index is -0.716. The third kappa shape index (κ3) is 14.0. The second kappa shape index (κ2) is 30.8. The number of nitrogens with zero attached hydrogens (tertiary/aromatic N) is 10. The third-order valence-electron chi connectivity index (χ3n) is 25.7. The molecule has 0 aliphatic carbocycles. The highest BCUT2D eigenvalue weighted by molar-refractivity contribution is 7.00. The van der Waals surface area contributed by atoms with Crippen LogP contribution in [0.5, 0.6) is 0 Å². The molecule has 129 heavy (non-hydrogen) atoms. The average molecular weight is 1670 g/mol. The molecular weight excluding hydrogens is 1570 g/mol. The molecule has 4 aromatic heterocycles. The molecule has 0 fully saturated rings. The quantitative estimate of drug-likeness (QED) is 0.105. The summed E-state index contributed by atoms with van der Waals surface area (Å²) in [6, 6.07) is 108. The summed E-state index contributed by atoms with van der Waals surface area (Å²) in [5, 5.41) is 2.02. The van der Waals surface area contributed by atoms with E-state index in [0.29, 0.717) is 57.2 Å². The maximum absolute atomic E-state index is 10.5. The van der Waals surface area contributed by atoms with Gasteiger partial charge in [-0.1, -0.05) is 362 Å². The van der Waals surface area contributed by atoms with Crippen LogP contribution in [0.1, 0.15) is 116 Å². The van der Waals surface area contributed by atoms with Gasteiger partial charge < -0.3 is 18.9 Å². The van der Waals surface area contributed by atoms with Crippen molar-refractivity contribution >= 4 is 101 Å². The van der Waals surface area contributed by atoms with E-state index in [1.807, 2.05) is 140 Å². The highest BCUT2D eigenvalue weighted by atomic mass is 15.2. The zero-order valence-corrected chi connectivity index (χ0v) is 74.1. The van der Waals surface area contributed by atoms with Crippen LogP contribution >= 0.6 is 0 Å². The number of anilines is 6. The van der Waals surface area contributed by atoms with Gasteiger partial charge in [-0.05, 0) is 174 Å². The molecule has 10 nitrogen and oxygen atoms in total. The van der Waals surface area contributed by atoms with Gasteiger partial charge in [0.2, 0.25) is 0 Å². The van der Waals surface area contributed by atoms with Crippen LogP contribution in [-0.2, 0) is 21.7 Å². The summed E-state index contributed by atoms with van der Waals surface area (Å²) in [5.74, 6) is 2.17. The molecule has 0 unspecified atom stereocenters. The molecule has 0 bridgehead atoms. The maximum atomic E-state index is 10.5. The zero-order chi connectivity index (χ0) is 94.9. The van der Waals surface area contributed by atoms with E-state index in [2.05, 4.69) is 279 Å². The summed E-state index contributed by atoms with van der Waals surface area (Å²) >= 11 is 0. The topological polar surface area (TPSA) is 93.7 Å². The van der Waals surface area contributed by atoms with E-state index < -0.39 is 60.5 Å². The lowest BCUT2D eigenvalue weighted by molar-refractivity contribution is 0.590. The Hall–Kier alpha value is -15.2. The molecule has 622 valence electrons. The largest absolute Gasteiger partial charge is 0.310 e. The van der Waals surface area contributed by atoms with Crippen LogP contribution in [0.25, 0.3) is 157 Å². The van der Waals surface area contributed by atoms with Gasteiger partial charge in [0.25, 0.3) is 6.71 Å². The van der Waals surface area contributed by atoms with Crippen LogP contribution in [-0.4, -0.2) is 45.8 Å². The van der Waals surface area contributed by atoms with Gasteiger partial charge in [0.15, 0.2) is 34.9 Å². The van der Waals surface area contributed by atoms with E-state index in [-0.39, 0.29) is 55.4 Å². The van der Waals surface area contributed by atoms with Gasteiger partial charge in [-0.25, -0.2) is 29.9 Å². The number of benzene rings is 16. The Labute approximate surface area is 766 Å². The van der Waals surface area contributed by atoms with E-state index in [1.54, 1.807) is 4.57 Å². The van der Waals surface area contributed by atoms with E-state index >= 15 is 0 Å². The molecule has 6 heterocycles. The zero-order valence-electron chi connectivity index (χ0n) is 82.1. The normalized spacial score (nSPS) is 13.6. The molecule has 0 saturated carbocycles. The van der Waals surface area contributed by atoms with Crippen LogP contribution in [0.2, 0.25) is 0 Å². The van der Waals surface area contributed by atoms with Gasteiger partial charge in [0.1, 0.15) is 0 Å². The van der Waals surface area contributed by atoms with Gasteiger partial charge in [-0.15, -0.1) is 0 Å². The Kier molecular flexibility index (Phi) is 17.0. The molecule has 0 radical (unpaired) electrons. The van der Waals surface area contributed by atoms with Crippen LogP contribution in [0.4, 0.5) is 34.1 Å². The summed E-state index contributed by atoms with van der Waals surface area (Å²) in [7, 11) is 0. The predicted octanol–water partition coefficient (Wildman–Crippen LogP) is 28.5. The average Bonchev–Trinajstić information content (AvgIpc) is 1.55. The van der Waals surface area contributed by atoms with Gasteiger partial charge in [0, 0.05) is 94.5 Å². The molecule has 0 atom stereocenters. The minimum absolute atomic E-state index is 0.0584. The SMILES string of the molecule is [2H]c1c([2H])c([2H])c2c(c1[2H])c1c([2H])c([2H])c([2H])c([2H])c1n2-c1cc2c3c(c1)N(c1c(-c4nc(-c5ccccc5)nc(-c5ccccc5)n4)cccc1-c1nc(-c4ccccc4)nc(-c4ccccc4)n1)c1cc(-n4c5ccc(C(C)(C)C)cc5c5cc(C(C)(C)C)ccc54)ccc1B3c1cc(-c3ccc(C(C)(C)C)cc3)ccc1N2c1c(-c2ccccc2)cc(C(C)(C)C)cc1-c1ccccc1. The summed E-state index contributed by atoms with van der Waals surface area (Å²) in [5.41, 5.74) is 22.8. The molecule has 11 heteroatoms. The van der Waals surface area contributed by atoms with Crippen molar-refractivity contribution in [3.63, 3.8) is 0 Å². The molecule has 0 N–H and O–H groups in total. The fourth-order valence-corrected chi connectivity index (χ4v) is 19.0. The highest BCUT2D eigenvalue weighted by Gasteiger charge is 2.47. The third-order valence-corrected chi connectivity index (χ3v) is 25.7. The standard InChI is InChI=1S/C118H97BN10/c1-115(2,3)82-57-54-74(55-58-82)81-56-63-102-97(66-81)119-96-62-61-86(126-100-64-59-83(116(4,5)6)67-94(100)95-68-84(117(7,8)9)60-65-101(95)126)71-103(96)129(107-90(113-122-109(77-40-23-15-24-41-77)120-110(123-113)78-42-25-16-26-43-78)50-35-51-91(107)114-124-111(79-44-27-17-28-45-79)121-112(125-114)80-46-29-18-30-47-80)105-73-87(127-98-52-33-31-48-88(98)89-49-32-34-53-99(89)127)72-104(106(105)119)128(102)108-92(75-36-19-13-20-37-75)69-85(118(10,11)12)70-93(108)76-38-21-14-22-39-76/h13-73H,1-12H3/i31D,32D,33D,34D,48D,49D,52D,53D. The lowest BCUT2D eigenvalue weighted by atomic mass is 9.33. The molecule has 0 amide bonds. The van der Waals surface area contributed by atoms with Crippen molar-refractivity contribution in [1.82, 2.24) is 39.0 Å². The first-order valence-corrected chi connectivity index (χ1v) is 44.3. The minimum Gasteiger partial charge on any atom is -0.310 e. The smallest absolute Gasteiger partial charge is 0.252 e. The summed E-state index contributed by atoms with van der Waals surface area (Å²) in [6.07, 6.45) is 0. The summed E-state index contributed by atoms with van der Waals surface area (Å²) in [6.45, 7) is 26.3. The first-order valence-electron chi connectivity index (χ1n) is 48.3. The number of hydrogen-bond acceptors (Lipinski definition) is 8. The van der Waals surface area contributed by atoms with E-state index in [4.69, 9.17) is 29.9 Å². The van der Waals surface area contributed by atoms with Crippen molar-refractivity contribution in [2.45, 2.75) is 105 Å². The van der Waals surface area contributed by atoms with Crippen LogP contribution in [0, 0.1) is 0 Å². The van der Waals surface area contributed by atoms with Gasteiger partial charge in [0.05, 0.1) is 50.1 Å².